The summed E-state index contributed by atoms with van der Waals surface area (Å²) < 4.78 is 42.8. The molecule has 6 nitrogen and oxygen atoms in total. The van der Waals surface area contributed by atoms with Crippen molar-refractivity contribution in [3.05, 3.63) is 35.4 Å². The number of imide groups is 1. The van der Waals surface area contributed by atoms with Gasteiger partial charge in [-0.15, -0.1) is 0 Å². The smallest absolute Gasteiger partial charge is 0.417 e. The summed E-state index contributed by atoms with van der Waals surface area (Å²) in [6.07, 6.45) is -4.07. The van der Waals surface area contributed by atoms with Crippen molar-refractivity contribution in [1.82, 2.24) is 10.6 Å². The number of rotatable bonds is 5. The normalized spacial score (nSPS) is 10.8. The molecule has 0 radical (unpaired) electrons. The van der Waals surface area contributed by atoms with Crippen molar-refractivity contribution in [2.75, 3.05) is 13.2 Å². The third kappa shape index (κ3) is 5.97. The Labute approximate surface area is 130 Å². The summed E-state index contributed by atoms with van der Waals surface area (Å²) in [7, 11) is 0. The first kappa shape index (κ1) is 18.5. The number of carbonyl (C=O) groups excluding carboxylic acids is 3. The van der Waals surface area contributed by atoms with Gasteiger partial charge in [0.15, 0.2) is 6.61 Å². The van der Waals surface area contributed by atoms with Crippen molar-refractivity contribution < 1.29 is 32.3 Å². The monoisotopic (exact) mass is 332 g/mol. The molecule has 9 heteroatoms. The maximum absolute atomic E-state index is 12.8. The molecule has 0 aliphatic rings. The number of carbonyl (C=O) groups is 3. The Morgan fingerprint density at radius 3 is 2.43 bits per heavy atom. The predicted octanol–water partition coefficient (Wildman–Crippen LogP) is 2.10. The van der Waals surface area contributed by atoms with E-state index in [2.05, 4.69) is 10.1 Å². The summed E-state index contributed by atoms with van der Waals surface area (Å²) in [4.78, 5) is 34.2. The van der Waals surface area contributed by atoms with Crippen LogP contribution in [0.3, 0.4) is 0 Å². The number of nitrogens with one attached hydrogen (secondary N) is 2. The highest BCUT2D eigenvalue weighted by atomic mass is 19.4. The van der Waals surface area contributed by atoms with Gasteiger partial charge in [0.25, 0.3) is 5.91 Å². The van der Waals surface area contributed by atoms with Crippen LogP contribution in [0.15, 0.2) is 24.3 Å². The highest BCUT2D eigenvalue weighted by Crippen LogP contribution is 2.32. The van der Waals surface area contributed by atoms with Crippen LogP contribution in [0.5, 0.6) is 0 Å². The zero-order valence-corrected chi connectivity index (χ0v) is 12.2. The predicted molar refractivity (Wildman–Crippen MR) is 73.6 cm³/mol. The minimum Gasteiger partial charge on any atom is -0.452 e. The third-order valence-electron chi connectivity index (χ3n) is 2.58. The largest absolute Gasteiger partial charge is 0.452 e. The second-order valence-electron chi connectivity index (χ2n) is 4.42. The fourth-order valence-corrected chi connectivity index (χ4v) is 1.56. The van der Waals surface area contributed by atoms with E-state index in [-0.39, 0.29) is 0 Å². The van der Waals surface area contributed by atoms with Crippen molar-refractivity contribution >= 4 is 17.9 Å². The van der Waals surface area contributed by atoms with Gasteiger partial charge in [-0.1, -0.05) is 19.1 Å². The van der Waals surface area contributed by atoms with Gasteiger partial charge in [-0.25, -0.2) is 9.59 Å². The second-order valence-corrected chi connectivity index (χ2v) is 4.42. The number of ether oxygens (including phenoxy) is 1. The fourth-order valence-electron chi connectivity index (χ4n) is 1.56. The quantitative estimate of drug-likeness (QED) is 0.809. The first-order valence-corrected chi connectivity index (χ1v) is 6.66. The van der Waals surface area contributed by atoms with E-state index in [0.717, 1.165) is 18.2 Å². The Bertz CT molecular complexity index is 588. The molecular formula is C14H15F3N2O4. The highest BCUT2D eigenvalue weighted by Gasteiger charge is 2.35. The topological polar surface area (TPSA) is 84.5 Å². The molecule has 3 amide bonds. The van der Waals surface area contributed by atoms with Crippen molar-refractivity contribution in [2.24, 2.45) is 0 Å². The van der Waals surface area contributed by atoms with E-state index in [1.54, 1.807) is 0 Å². The lowest BCUT2D eigenvalue weighted by atomic mass is 10.1. The van der Waals surface area contributed by atoms with Gasteiger partial charge in [0.05, 0.1) is 11.1 Å². The number of amides is 3. The lowest BCUT2D eigenvalue weighted by Gasteiger charge is -2.12. The number of halogens is 3. The number of urea groups is 1. The Hall–Kier alpha value is -2.58. The van der Waals surface area contributed by atoms with Crippen LogP contribution in [0.25, 0.3) is 0 Å². The van der Waals surface area contributed by atoms with E-state index < -0.39 is 41.8 Å². The Morgan fingerprint density at radius 2 is 1.83 bits per heavy atom. The second kappa shape index (κ2) is 8.16. The van der Waals surface area contributed by atoms with Crippen LogP contribution < -0.4 is 10.6 Å². The molecule has 0 aliphatic heterocycles. The van der Waals surface area contributed by atoms with Crippen LogP contribution >= 0.6 is 0 Å². The average Bonchev–Trinajstić information content (AvgIpc) is 2.49. The van der Waals surface area contributed by atoms with Gasteiger partial charge in [-0.05, 0) is 18.6 Å². The van der Waals surface area contributed by atoms with Gasteiger partial charge in [0.2, 0.25) is 0 Å². The van der Waals surface area contributed by atoms with Crippen molar-refractivity contribution in [1.29, 1.82) is 0 Å². The Balaban J connectivity index is 2.61. The van der Waals surface area contributed by atoms with Crippen LogP contribution in [0.2, 0.25) is 0 Å². The number of alkyl halides is 3. The molecule has 0 unspecified atom stereocenters. The Kier molecular flexibility index (Phi) is 6.55. The van der Waals surface area contributed by atoms with Crippen LogP contribution in [-0.4, -0.2) is 31.1 Å². The zero-order chi connectivity index (χ0) is 17.5. The minimum absolute atomic E-state index is 0.345. The molecule has 0 heterocycles. The van der Waals surface area contributed by atoms with Crippen molar-refractivity contribution in [3.63, 3.8) is 0 Å². The summed E-state index contributed by atoms with van der Waals surface area (Å²) in [5.41, 5.74) is -1.87. The average molecular weight is 332 g/mol. The van der Waals surface area contributed by atoms with Crippen molar-refractivity contribution in [2.45, 2.75) is 19.5 Å². The van der Waals surface area contributed by atoms with Gasteiger partial charge < -0.3 is 10.1 Å². The van der Waals surface area contributed by atoms with Gasteiger partial charge in [-0.3, -0.25) is 10.1 Å². The molecular weight excluding hydrogens is 317 g/mol. The van der Waals surface area contributed by atoms with Gasteiger partial charge in [-0.2, -0.15) is 13.2 Å². The SMILES string of the molecule is CCCNC(=O)NC(=O)COC(=O)c1ccccc1C(F)(F)F. The van der Waals surface area contributed by atoms with Crippen LogP contribution in [0.1, 0.15) is 29.3 Å². The van der Waals surface area contributed by atoms with E-state index >= 15 is 0 Å². The molecule has 0 saturated carbocycles. The molecule has 0 fully saturated rings. The number of benzene rings is 1. The summed E-state index contributed by atoms with van der Waals surface area (Å²) >= 11 is 0. The molecule has 0 saturated heterocycles. The maximum Gasteiger partial charge on any atom is 0.417 e. The lowest BCUT2D eigenvalue weighted by Crippen LogP contribution is -2.41. The van der Waals surface area contributed by atoms with Crippen LogP contribution in [0, 0.1) is 0 Å². The first-order valence-electron chi connectivity index (χ1n) is 6.66. The molecule has 0 aromatic heterocycles. The van der Waals surface area contributed by atoms with E-state index in [1.807, 2.05) is 12.2 Å². The fraction of sp³-hybridized carbons (Fsp3) is 0.357. The number of esters is 1. The third-order valence-corrected chi connectivity index (χ3v) is 2.58. The standard InChI is InChI=1S/C14H15F3N2O4/c1-2-7-18-13(22)19-11(20)8-23-12(21)9-5-3-4-6-10(9)14(15,16)17/h3-6H,2,7-8H2,1H3,(H2,18,19,20,22). The molecule has 0 atom stereocenters. The summed E-state index contributed by atoms with van der Waals surface area (Å²) in [5, 5.41) is 4.23. The molecule has 0 aliphatic carbocycles. The van der Waals surface area contributed by atoms with Gasteiger partial charge in [0, 0.05) is 6.54 Å². The summed E-state index contributed by atoms with van der Waals surface area (Å²) in [5.74, 6) is -2.25. The van der Waals surface area contributed by atoms with E-state index in [9.17, 15) is 27.6 Å². The minimum atomic E-state index is -4.72. The Morgan fingerprint density at radius 1 is 1.17 bits per heavy atom. The van der Waals surface area contributed by atoms with E-state index in [4.69, 9.17) is 0 Å². The van der Waals surface area contributed by atoms with E-state index in [1.165, 1.54) is 6.07 Å². The van der Waals surface area contributed by atoms with Crippen molar-refractivity contribution in [3.8, 4) is 0 Å². The molecule has 1 aromatic rings. The molecule has 2 N–H and O–H groups in total. The lowest BCUT2D eigenvalue weighted by molar-refractivity contribution is -0.138. The molecule has 126 valence electrons. The molecule has 1 rings (SSSR count). The maximum atomic E-state index is 12.8. The number of hydrogen-bond donors (Lipinski definition) is 2. The van der Waals surface area contributed by atoms with E-state index in [0.29, 0.717) is 13.0 Å². The number of hydrogen-bond acceptors (Lipinski definition) is 4. The highest BCUT2D eigenvalue weighted by molar-refractivity contribution is 5.97. The molecule has 1 aromatic carbocycles. The van der Waals surface area contributed by atoms with Gasteiger partial charge in [0.1, 0.15) is 0 Å². The molecule has 23 heavy (non-hydrogen) atoms. The summed E-state index contributed by atoms with van der Waals surface area (Å²) in [6.45, 7) is 1.28. The van der Waals surface area contributed by atoms with Gasteiger partial charge >= 0.3 is 18.2 Å². The molecule has 0 bridgehead atoms. The molecule has 0 spiro atoms. The van der Waals surface area contributed by atoms with Crippen LogP contribution in [0.4, 0.5) is 18.0 Å². The zero-order valence-electron chi connectivity index (χ0n) is 12.2. The summed E-state index contributed by atoms with van der Waals surface area (Å²) in [6, 6.07) is 3.27. The van der Waals surface area contributed by atoms with Crippen LogP contribution in [-0.2, 0) is 15.7 Å². The first-order chi connectivity index (χ1) is 10.8.